The van der Waals surface area contributed by atoms with E-state index < -0.39 is 12.0 Å². The van der Waals surface area contributed by atoms with Crippen LogP contribution in [-0.4, -0.2) is 23.7 Å². The Labute approximate surface area is 166 Å². The molecule has 1 atom stereocenters. The molecule has 0 radical (unpaired) electrons. The van der Waals surface area contributed by atoms with Gasteiger partial charge in [-0.25, -0.2) is 0 Å². The third kappa shape index (κ3) is 4.83. The van der Waals surface area contributed by atoms with Crippen LogP contribution >= 0.6 is 11.3 Å². The number of carbonyl (C=O) groups excluding carboxylic acids is 3. The number of hydrogen-bond donors (Lipinski definition) is 2. The fraction of sp³-hybridized carbons (Fsp3) is 0.0952. The molecule has 28 heavy (non-hydrogen) atoms. The van der Waals surface area contributed by atoms with Crippen molar-refractivity contribution in [1.82, 2.24) is 10.9 Å². The van der Waals surface area contributed by atoms with Crippen molar-refractivity contribution in [3.63, 3.8) is 0 Å². The van der Waals surface area contributed by atoms with E-state index in [0.29, 0.717) is 21.8 Å². The molecule has 2 aromatic carbocycles. The molecule has 0 aliphatic rings. The Morgan fingerprint density at radius 3 is 2.18 bits per heavy atom. The molecule has 3 aromatic rings. The molecule has 1 heterocycles. The Morgan fingerprint density at radius 2 is 1.54 bits per heavy atom. The van der Waals surface area contributed by atoms with Gasteiger partial charge in [0, 0.05) is 11.1 Å². The second kappa shape index (κ2) is 8.96. The highest BCUT2D eigenvalue weighted by atomic mass is 32.1. The topological polar surface area (TPSA) is 84.5 Å². The summed E-state index contributed by atoms with van der Waals surface area (Å²) in [5, 5.41) is 1.77. The number of ketones is 1. The number of thiophene rings is 1. The zero-order chi connectivity index (χ0) is 19.9. The van der Waals surface area contributed by atoms with Crippen molar-refractivity contribution in [1.29, 1.82) is 0 Å². The van der Waals surface area contributed by atoms with E-state index in [1.165, 1.54) is 11.3 Å². The molecule has 2 amide bonds. The Morgan fingerprint density at radius 1 is 0.857 bits per heavy atom. The third-order valence-electron chi connectivity index (χ3n) is 3.88. The van der Waals surface area contributed by atoms with Gasteiger partial charge in [0.15, 0.2) is 11.9 Å². The van der Waals surface area contributed by atoms with Crippen molar-refractivity contribution in [3.8, 4) is 5.75 Å². The molecule has 0 aliphatic heterocycles. The molecular weight excluding hydrogens is 376 g/mol. The van der Waals surface area contributed by atoms with Crippen molar-refractivity contribution in [2.75, 3.05) is 0 Å². The Bertz CT molecular complexity index is 954. The van der Waals surface area contributed by atoms with Crippen LogP contribution in [0.1, 0.15) is 32.5 Å². The van der Waals surface area contributed by atoms with Gasteiger partial charge in [-0.2, -0.15) is 0 Å². The maximum atomic E-state index is 12.4. The van der Waals surface area contributed by atoms with Crippen LogP contribution in [0.15, 0.2) is 72.1 Å². The number of hydrazine groups is 1. The van der Waals surface area contributed by atoms with E-state index >= 15 is 0 Å². The van der Waals surface area contributed by atoms with Gasteiger partial charge < -0.3 is 4.74 Å². The van der Waals surface area contributed by atoms with Crippen LogP contribution in [0, 0.1) is 0 Å². The minimum atomic E-state index is -0.834. The lowest BCUT2D eigenvalue weighted by Crippen LogP contribution is -2.47. The normalized spacial score (nSPS) is 11.3. The highest BCUT2D eigenvalue weighted by Crippen LogP contribution is 2.16. The number of rotatable bonds is 6. The fourth-order valence-corrected chi connectivity index (χ4v) is 3.01. The van der Waals surface area contributed by atoms with Crippen molar-refractivity contribution in [2.45, 2.75) is 13.0 Å². The summed E-state index contributed by atoms with van der Waals surface area (Å²) in [7, 11) is 0. The van der Waals surface area contributed by atoms with E-state index in [-0.39, 0.29) is 11.7 Å². The summed E-state index contributed by atoms with van der Waals surface area (Å²) < 4.78 is 5.57. The maximum absolute atomic E-state index is 12.4. The summed E-state index contributed by atoms with van der Waals surface area (Å²) >= 11 is 1.27. The quantitative estimate of drug-likeness (QED) is 0.497. The van der Waals surface area contributed by atoms with Gasteiger partial charge in [-0.3, -0.25) is 25.2 Å². The Balaban J connectivity index is 1.53. The second-order valence-corrected chi connectivity index (χ2v) is 6.85. The molecule has 1 unspecified atom stereocenters. The number of carbonyl (C=O) groups is 3. The maximum Gasteiger partial charge on any atom is 0.279 e. The zero-order valence-electron chi connectivity index (χ0n) is 15.0. The van der Waals surface area contributed by atoms with E-state index in [9.17, 15) is 14.4 Å². The van der Waals surface area contributed by atoms with Gasteiger partial charge in [0.05, 0.1) is 4.88 Å². The molecule has 7 heteroatoms. The molecule has 2 N–H and O–H groups in total. The zero-order valence-corrected chi connectivity index (χ0v) is 15.9. The average molecular weight is 394 g/mol. The van der Waals surface area contributed by atoms with Crippen LogP contribution in [0.25, 0.3) is 0 Å². The van der Waals surface area contributed by atoms with Gasteiger partial charge in [0.1, 0.15) is 5.75 Å². The molecule has 0 bridgehead atoms. The largest absolute Gasteiger partial charge is 0.481 e. The van der Waals surface area contributed by atoms with E-state index in [1.807, 2.05) is 18.2 Å². The number of ether oxygens (including phenoxy) is 1. The number of nitrogens with one attached hydrogen (secondary N) is 2. The smallest absolute Gasteiger partial charge is 0.279 e. The summed E-state index contributed by atoms with van der Waals surface area (Å²) in [5.74, 6) is -0.528. The lowest BCUT2D eigenvalue weighted by Gasteiger charge is -2.15. The molecule has 1 aromatic heterocycles. The Hall–Kier alpha value is -3.45. The van der Waals surface area contributed by atoms with Gasteiger partial charge in [0.25, 0.3) is 11.8 Å². The van der Waals surface area contributed by atoms with Gasteiger partial charge in [-0.15, -0.1) is 11.3 Å². The van der Waals surface area contributed by atoms with Gasteiger partial charge >= 0.3 is 0 Å². The average Bonchev–Trinajstić information content (AvgIpc) is 3.27. The predicted octanol–water partition coefficient (Wildman–Crippen LogP) is 3.21. The van der Waals surface area contributed by atoms with Crippen LogP contribution in [0.3, 0.4) is 0 Å². The number of hydrogen-bond acceptors (Lipinski definition) is 5. The molecule has 0 saturated carbocycles. The van der Waals surface area contributed by atoms with Crippen molar-refractivity contribution < 1.29 is 19.1 Å². The molecule has 142 valence electrons. The highest BCUT2D eigenvalue weighted by molar-refractivity contribution is 7.12. The van der Waals surface area contributed by atoms with Crippen LogP contribution < -0.4 is 15.6 Å². The minimum Gasteiger partial charge on any atom is -0.481 e. The van der Waals surface area contributed by atoms with Crippen molar-refractivity contribution in [3.05, 3.63) is 88.1 Å². The molecule has 0 fully saturated rings. The van der Waals surface area contributed by atoms with Gasteiger partial charge in [-0.1, -0.05) is 36.4 Å². The summed E-state index contributed by atoms with van der Waals surface area (Å²) in [6.45, 7) is 1.57. The SMILES string of the molecule is CC(Oc1ccc(C(=O)c2ccccc2)cc1)C(=O)NNC(=O)c1cccs1. The van der Waals surface area contributed by atoms with E-state index in [1.54, 1.807) is 60.8 Å². The minimum absolute atomic E-state index is 0.0887. The standard InChI is InChI=1S/C21H18N2O4S/c1-14(20(25)22-23-21(26)18-8-5-13-28-18)27-17-11-9-16(10-12-17)19(24)15-6-3-2-4-7-15/h2-14H,1H3,(H,22,25)(H,23,26). The molecule has 0 aliphatic carbocycles. The first kappa shape index (κ1) is 19.3. The summed E-state index contributed by atoms with van der Waals surface area (Å²) in [5.41, 5.74) is 5.80. The first-order chi connectivity index (χ1) is 13.5. The van der Waals surface area contributed by atoms with Crippen LogP contribution in [-0.2, 0) is 4.79 Å². The summed E-state index contributed by atoms with van der Waals surface area (Å²) in [6.07, 6.45) is -0.834. The number of benzene rings is 2. The van der Waals surface area contributed by atoms with Gasteiger partial charge in [0.2, 0.25) is 0 Å². The molecular formula is C21H18N2O4S. The lowest BCUT2D eigenvalue weighted by molar-refractivity contribution is -0.128. The van der Waals surface area contributed by atoms with Crippen LogP contribution in [0.2, 0.25) is 0 Å². The molecule has 3 rings (SSSR count). The Kier molecular flexibility index (Phi) is 6.18. The first-order valence-corrected chi connectivity index (χ1v) is 9.43. The molecule has 0 saturated heterocycles. The van der Waals surface area contributed by atoms with E-state index in [2.05, 4.69) is 10.9 Å². The van der Waals surface area contributed by atoms with Crippen molar-refractivity contribution in [2.24, 2.45) is 0 Å². The first-order valence-electron chi connectivity index (χ1n) is 8.55. The van der Waals surface area contributed by atoms with Crippen LogP contribution in [0.4, 0.5) is 0 Å². The third-order valence-corrected chi connectivity index (χ3v) is 4.75. The summed E-state index contributed by atoms with van der Waals surface area (Å²) in [6, 6.07) is 18.9. The fourth-order valence-electron chi connectivity index (χ4n) is 2.39. The lowest BCUT2D eigenvalue weighted by atomic mass is 10.0. The number of amides is 2. The monoisotopic (exact) mass is 394 g/mol. The summed E-state index contributed by atoms with van der Waals surface area (Å²) in [4.78, 5) is 36.8. The molecule has 0 spiro atoms. The highest BCUT2D eigenvalue weighted by Gasteiger charge is 2.16. The van der Waals surface area contributed by atoms with E-state index in [0.717, 1.165) is 0 Å². The van der Waals surface area contributed by atoms with E-state index in [4.69, 9.17) is 4.74 Å². The van der Waals surface area contributed by atoms with Gasteiger partial charge in [-0.05, 0) is 42.6 Å². The second-order valence-electron chi connectivity index (χ2n) is 5.90. The predicted molar refractivity (Wildman–Crippen MR) is 106 cm³/mol. The van der Waals surface area contributed by atoms with Crippen molar-refractivity contribution >= 4 is 28.9 Å². The van der Waals surface area contributed by atoms with Crippen LogP contribution in [0.5, 0.6) is 5.75 Å². The molecule has 6 nitrogen and oxygen atoms in total.